The van der Waals surface area contributed by atoms with Crippen LogP contribution < -0.4 is 43.0 Å². The third-order valence-electron chi connectivity index (χ3n) is 18.6. The molecule has 0 aromatic heterocycles. The van der Waals surface area contributed by atoms with Crippen molar-refractivity contribution in [2.75, 3.05) is 152 Å². The van der Waals surface area contributed by atoms with Gasteiger partial charge in [0, 0.05) is 75.9 Å². The monoisotopic (exact) mass is 1790 g/mol. The van der Waals surface area contributed by atoms with E-state index in [-0.39, 0.29) is 90.5 Å². The van der Waals surface area contributed by atoms with Gasteiger partial charge in [-0.15, -0.1) is 0 Å². The number of nitrogens with one attached hydrogen (secondary N) is 7. The van der Waals surface area contributed by atoms with Crippen molar-refractivity contribution in [2.24, 2.45) is 80.7 Å². The van der Waals surface area contributed by atoms with Gasteiger partial charge in [0.15, 0.2) is 0 Å². The third kappa shape index (κ3) is 52.9. The molecule has 0 aliphatic heterocycles. The minimum atomic E-state index is -1.48. The third-order valence-corrected chi connectivity index (χ3v) is 18.6. The van der Waals surface area contributed by atoms with Gasteiger partial charge in [-0.05, 0) is 61.3 Å². The molecule has 0 rings (SSSR count). The lowest BCUT2D eigenvalue weighted by Crippen LogP contribution is -2.54. The molecule has 0 aliphatic carbocycles. The standard InChI is InChI=1S/C87H152N8O30/c1-55(2)72(103)116-46-85(47-117-73(104)56(3)4,48-118-74(105)57(5)6)43-112-35-69(100)89-31-27-65(96)92-38-84(34-64(19)115-42-82(22,23)95-68(99)26-30-83(24,25)125-41-81(20,21)88,39-93-66(97)28-32-90-70(101)36-113-44-86(49-119-75(106)58(7)8,50-120-76(107)59(9)10)51-121-77(108)60(11)12)40-94-67(98)29-33-91-71(102)37-114-45-87(52-122-78(109)61(13)14,53-123-79(110)62(15)16)54-124-80(111)63(17)18/h55-64H,26-54,88H2,1-25H3,(H,89,100)(H,90,101)(H,91,102)(H,92,96)(H,93,97)(H,94,98)(H,95,99). The van der Waals surface area contributed by atoms with Gasteiger partial charge in [0.1, 0.15) is 79.3 Å². The molecule has 0 aromatic rings. The SMILES string of the molecule is CC(CC(CNC(=O)CCNC(=O)COCC(COC(=O)C(C)C)(COC(=O)C(C)C)COC(=O)C(C)C)(CNC(=O)CCNC(=O)COCC(COC(=O)C(C)C)(COC(=O)C(C)C)COC(=O)C(C)C)CNC(=O)CCNC(=O)COCC(COC(=O)C(C)C)(COC(=O)C(C)C)COC(=O)C(C)C)OCC(C)(C)NC(=O)CCC(C)(C)OCC(C)(C)N. The van der Waals surface area contributed by atoms with Crippen molar-refractivity contribution in [3.05, 3.63) is 0 Å². The highest BCUT2D eigenvalue weighted by Crippen LogP contribution is 2.29. The van der Waals surface area contributed by atoms with Gasteiger partial charge in [-0.2, -0.15) is 0 Å². The quantitative estimate of drug-likeness (QED) is 0.0303. The molecule has 38 nitrogen and oxygen atoms in total. The summed E-state index contributed by atoms with van der Waals surface area (Å²) in [5, 5.41) is 19.4. The zero-order valence-corrected chi connectivity index (χ0v) is 79.1. The average molecular weight is 1790 g/mol. The summed E-state index contributed by atoms with van der Waals surface area (Å²) in [6.07, 6.45) is -1.52. The van der Waals surface area contributed by atoms with Crippen molar-refractivity contribution < 1.29 is 143 Å². The van der Waals surface area contributed by atoms with E-state index in [0.29, 0.717) is 6.42 Å². The fraction of sp³-hybridized carbons (Fsp3) is 0.816. The minimum Gasteiger partial charge on any atom is -0.465 e. The Hall–Kier alpha value is -8.72. The first-order valence-electron chi connectivity index (χ1n) is 43.0. The van der Waals surface area contributed by atoms with Crippen LogP contribution >= 0.6 is 0 Å². The number of hydrogen-bond donors (Lipinski definition) is 8. The normalized spacial score (nSPS) is 12.5. The van der Waals surface area contributed by atoms with Crippen molar-refractivity contribution in [3.8, 4) is 0 Å². The summed E-state index contributed by atoms with van der Waals surface area (Å²) in [6, 6.07) is 0. The van der Waals surface area contributed by atoms with E-state index in [2.05, 4.69) is 37.2 Å². The number of amides is 7. The molecule has 0 fully saturated rings. The van der Waals surface area contributed by atoms with Crippen molar-refractivity contribution >= 4 is 95.1 Å². The van der Waals surface area contributed by atoms with Crippen LogP contribution in [0.1, 0.15) is 212 Å². The molecule has 0 bridgehead atoms. The van der Waals surface area contributed by atoms with Gasteiger partial charge in [-0.25, -0.2) is 0 Å². The first-order chi connectivity index (χ1) is 57.8. The Morgan fingerprint density at radius 2 is 0.504 bits per heavy atom. The van der Waals surface area contributed by atoms with Crippen molar-refractivity contribution in [1.29, 1.82) is 0 Å². The van der Waals surface area contributed by atoms with Gasteiger partial charge in [0.2, 0.25) is 41.4 Å². The molecule has 0 heterocycles. The Morgan fingerprint density at radius 1 is 0.272 bits per heavy atom. The van der Waals surface area contributed by atoms with E-state index in [1.165, 1.54) is 0 Å². The molecule has 0 spiro atoms. The molecule has 720 valence electrons. The molecule has 0 saturated heterocycles. The van der Waals surface area contributed by atoms with E-state index >= 15 is 0 Å². The van der Waals surface area contributed by atoms with Crippen LogP contribution in [-0.4, -0.2) is 269 Å². The lowest BCUT2D eigenvalue weighted by Gasteiger charge is -2.37. The maximum Gasteiger partial charge on any atom is 0.308 e. The summed E-state index contributed by atoms with van der Waals surface area (Å²) < 4.78 is 80.0. The number of carbonyl (C=O) groups excluding carboxylic acids is 16. The number of carbonyl (C=O) groups is 16. The van der Waals surface area contributed by atoms with Crippen LogP contribution in [0.25, 0.3) is 0 Å². The number of hydrogen-bond acceptors (Lipinski definition) is 31. The Balaban J connectivity index is 7.62. The first kappa shape index (κ1) is 116. The number of ether oxygens (including phenoxy) is 14. The fourth-order valence-electron chi connectivity index (χ4n) is 10.3. The summed E-state index contributed by atoms with van der Waals surface area (Å²) in [6.45, 7) is 32.7. The maximum absolute atomic E-state index is 14.1. The molecule has 7 amide bonds. The summed E-state index contributed by atoms with van der Waals surface area (Å²) in [5.41, 5.74) is -2.01. The van der Waals surface area contributed by atoms with E-state index in [4.69, 9.17) is 72.0 Å². The van der Waals surface area contributed by atoms with E-state index < -0.39 is 286 Å². The number of esters is 9. The molecule has 0 aromatic carbocycles. The van der Waals surface area contributed by atoms with E-state index in [0.717, 1.165) is 0 Å². The zero-order chi connectivity index (χ0) is 95.9. The molecule has 0 aliphatic rings. The highest BCUT2D eigenvalue weighted by Gasteiger charge is 2.43. The van der Waals surface area contributed by atoms with Gasteiger partial charge in [0.25, 0.3) is 0 Å². The second-order valence-corrected chi connectivity index (χ2v) is 37.3. The number of nitrogens with two attached hydrogens (primary N) is 1. The Bertz CT molecular complexity index is 2950. The average Bonchev–Trinajstić information content (AvgIpc) is 0.859. The molecule has 9 N–H and O–H groups in total. The minimum absolute atomic E-state index is 0.0559. The van der Waals surface area contributed by atoms with Crippen LogP contribution in [0.15, 0.2) is 0 Å². The van der Waals surface area contributed by atoms with Crippen LogP contribution in [0.4, 0.5) is 0 Å². The van der Waals surface area contributed by atoms with Crippen LogP contribution in [0.5, 0.6) is 0 Å². The second kappa shape index (κ2) is 57.9. The second-order valence-electron chi connectivity index (χ2n) is 37.3. The highest BCUT2D eigenvalue weighted by molar-refractivity contribution is 5.82. The van der Waals surface area contributed by atoms with Crippen LogP contribution in [-0.2, 0) is 143 Å². The summed E-state index contributed by atoms with van der Waals surface area (Å²) in [4.78, 5) is 211. The van der Waals surface area contributed by atoms with Crippen molar-refractivity contribution in [1.82, 2.24) is 37.2 Å². The molecular formula is C87H152N8O30. The number of rotatable bonds is 66. The Kier molecular flexibility index (Phi) is 53.8. The molecule has 1 atom stereocenters. The van der Waals surface area contributed by atoms with Gasteiger partial charge in [0.05, 0.1) is 120 Å². The van der Waals surface area contributed by atoms with E-state index in [9.17, 15) is 76.7 Å². The lowest BCUT2D eigenvalue weighted by atomic mass is 9.81. The van der Waals surface area contributed by atoms with Gasteiger partial charge in [-0.1, -0.05) is 125 Å². The molecule has 0 saturated carbocycles. The van der Waals surface area contributed by atoms with Crippen molar-refractivity contribution in [2.45, 2.75) is 234 Å². The molecule has 0 radical (unpaired) electrons. The van der Waals surface area contributed by atoms with Gasteiger partial charge in [-0.3, -0.25) is 76.7 Å². The molecule has 125 heavy (non-hydrogen) atoms. The Morgan fingerprint density at radius 3 is 0.720 bits per heavy atom. The highest BCUT2D eigenvalue weighted by atomic mass is 16.6. The summed E-state index contributed by atoms with van der Waals surface area (Å²) in [5.74, 6) is -15.0. The first-order valence-corrected chi connectivity index (χ1v) is 43.0. The van der Waals surface area contributed by atoms with Gasteiger partial charge < -0.3 is 109 Å². The van der Waals surface area contributed by atoms with E-state index in [1.54, 1.807) is 145 Å². The summed E-state index contributed by atoms with van der Waals surface area (Å²) in [7, 11) is 0. The smallest absolute Gasteiger partial charge is 0.308 e. The lowest BCUT2D eigenvalue weighted by molar-refractivity contribution is -0.174. The maximum atomic E-state index is 14.1. The van der Waals surface area contributed by atoms with Crippen molar-refractivity contribution in [3.63, 3.8) is 0 Å². The zero-order valence-electron chi connectivity index (χ0n) is 79.1. The van der Waals surface area contributed by atoms with E-state index in [1.807, 2.05) is 27.7 Å². The fourth-order valence-corrected chi connectivity index (χ4v) is 10.3. The summed E-state index contributed by atoms with van der Waals surface area (Å²) >= 11 is 0. The Labute approximate surface area is 738 Å². The largest absolute Gasteiger partial charge is 0.465 e. The topological polar surface area (TPSA) is 513 Å². The molecular weight excluding hydrogens is 1640 g/mol. The van der Waals surface area contributed by atoms with Crippen LogP contribution in [0, 0.1) is 74.9 Å². The molecule has 1 unspecified atom stereocenters. The van der Waals surface area contributed by atoms with Crippen LogP contribution in [0.2, 0.25) is 0 Å². The predicted octanol–water partition coefficient (Wildman–Crippen LogP) is 4.64. The van der Waals surface area contributed by atoms with Gasteiger partial charge >= 0.3 is 53.7 Å². The van der Waals surface area contributed by atoms with Crippen LogP contribution in [0.3, 0.4) is 0 Å². The predicted molar refractivity (Wildman–Crippen MR) is 456 cm³/mol. The molecule has 38 heteroatoms.